The Morgan fingerprint density at radius 2 is 2.30 bits per heavy atom. The highest BCUT2D eigenvalue weighted by Gasteiger charge is 2.18. The standard InChI is InChI=1S/C16H19N3O/c1-11(2)13-8-7-12(3)15(10-13)18-19-16(20)14-6-4-5-9-17-14/h4-7,9,13H,1,8,10H2,2-3H3,(H,19,20)/b18-15+. The maximum atomic E-state index is 11.9. The van der Waals surface area contributed by atoms with Gasteiger partial charge in [-0.05, 0) is 50.3 Å². The Labute approximate surface area is 119 Å². The Balaban J connectivity index is 2.07. The first kappa shape index (κ1) is 14.2. The molecule has 0 saturated heterocycles. The molecule has 1 heterocycles. The average molecular weight is 269 g/mol. The van der Waals surface area contributed by atoms with Crippen molar-refractivity contribution in [3.05, 3.63) is 53.9 Å². The zero-order valence-corrected chi connectivity index (χ0v) is 11.9. The van der Waals surface area contributed by atoms with Gasteiger partial charge in [-0.2, -0.15) is 5.10 Å². The molecule has 104 valence electrons. The van der Waals surface area contributed by atoms with Crippen molar-refractivity contribution >= 4 is 11.6 Å². The van der Waals surface area contributed by atoms with Gasteiger partial charge in [0.25, 0.3) is 5.91 Å². The van der Waals surface area contributed by atoms with Crippen LogP contribution in [-0.4, -0.2) is 16.6 Å². The van der Waals surface area contributed by atoms with Gasteiger partial charge >= 0.3 is 0 Å². The van der Waals surface area contributed by atoms with Crippen molar-refractivity contribution in [3.63, 3.8) is 0 Å². The van der Waals surface area contributed by atoms with Gasteiger partial charge in [-0.1, -0.05) is 24.3 Å². The van der Waals surface area contributed by atoms with Crippen LogP contribution < -0.4 is 5.43 Å². The van der Waals surface area contributed by atoms with Crippen LogP contribution in [0.4, 0.5) is 0 Å². The van der Waals surface area contributed by atoms with Crippen molar-refractivity contribution in [1.82, 2.24) is 10.4 Å². The molecule has 0 fully saturated rings. The maximum Gasteiger partial charge on any atom is 0.289 e. The minimum absolute atomic E-state index is 0.289. The van der Waals surface area contributed by atoms with Crippen molar-refractivity contribution in [3.8, 4) is 0 Å². The van der Waals surface area contributed by atoms with Crippen LogP contribution in [-0.2, 0) is 0 Å². The molecule has 1 atom stereocenters. The van der Waals surface area contributed by atoms with Crippen molar-refractivity contribution < 1.29 is 4.79 Å². The number of hydrazone groups is 1. The smallest absolute Gasteiger partial charge is 0.266 e. The molecule has 4 heteroatoms. The Kier molecular flexibility index (Phi) is 4.45. The molecule has 1 N–H and O–H groups in total. The number of nitrogens with one attached hydrogen (secondary N) is 1. The molecule has 1 unspecified atom stereocenters. The molecule has 1 aromatic heterocycles. The van der Waals surface area contributed by atoms with Crippen LogP contribution in [0.5, 0.6) is 0 Å². The monoisotopic (exact) mass is 269 g/mol. The highest BCUT2D eigenvalue weighted by Crippen LogP contribution is 2.26. The fraction of sp³-hybridized carbons (Fsp3) is 0.312. The van der Waals surface area contributed by atoms with Crippen LogP contribution in [0.25, 0.3) is 0 Å². The quantitative estimate of drug-likeness (QED) is 0.677. The van der Waals surface area contributed by atoms with Crippen LogP contribution in [0, 0.1) is 5.92 Å². The molecule has 0 radical (unpaired) electrons. The number of allylic oxidation sites excluding steroid dienone is 3. The van der Waals surface area contributed by atoms with E-state index >= 15 is 0 Å². The number of aromatic nitrogens is 1. The van der Waals surface area contributed by atoms with E-state index in [2.05, 4.69) is 28.2 Å². The number of amides is 1. The third-order valence-electron chi connectivity index (χ3n) is 3.49. The summed E-state index contributed by atoms with van der Waals surface area (Å²) in [7, 11) is 0. The minimum Gasteiger partial charge on any atom is -0.266 e. The Hall–Kier alpha value is -2.23. The predicted octanol–water partition coefficient (Wildman–Crippen LogP) is 3.10. The van der Waals surface area contributed by atoms with Gasteiger partial charge in [-0.15, -0.1) is 0 Å². The topological polar surface area (TPSA) is 54.4 Å². The maximum absolute atomic E-state index is 11.9. The molecule has 0 bridgehead atoms. The lowest BCUT2D eigenvalue weighted by Crippen LogP contribution is -2.23. The number of nitrogens with zero attached hydrogens (tertiary/aromatic N) is 2. The highest BCUT2D eigenvalue weighted by molar-refractivity contribution is 6.02. The molecular formula is C16H19N3O. The van der Waals surface area contributed by atoms with Crippen molar-refractivity contribution in [2.45, 2.75) is 26.7 Å². The highest BCUT2D eigenvalue weighted by atomic mass is 16.2. The number of rotatable bonds is 3. The second-order valence-corrected chi connectivity index (χ2v) is 5.08. The zero-order valence-electron chi connectivity index (χ0n) is 11.9. The number of hydrogen-bond acceptors (Lipinski definition) is 3. The van der Waals surface area contributed by atoms with Crippen LogP contribution >= 0.6 is 0 Å². The van der Waals surface area contributed by atoms with Gasteiger partial charge in [0.2, 0.25) is 0 Å². The minimum atomic E-state index is -0.289. The number of pyridine rings is 1. The zero-order chi connectivity index (χ0) is 14.5. The molecule has 0 spiro atoms. The van der Waals surface area contributed by atoms with Gasteiger partial charge in [0.1, 0.15) is 5.69 Å². The van der Waals surface area contributed by atoms with Crippen molar-refractivity contribution in [2.24, 2.45) is 11.0 Å². The third-order valence-corrected chi connectivity index (χ3v) is 3.49. The summed E-state index contributed by atoms with van der Waals surface area (Å²) in [5.74, 6) is 0.118. The molecule has 1 aliphatic carbocycles. The van der Waals surface area contributed by atoms with Gasteiger partial charge in [0.15, 0.2) is 0 Å². The van der Waals surface area contributed by atoms with Crippen LogP contribution in [0.15, 0.2) is 53.3 Å². The largest absolute Gasteiger partial charge is 0.289 e. The molecule has 0 aliphatic heterocycles. The lowest BCUT2D eigenvalue weighted by Gasteiger charge is -2.22. The van der Waals surface area contributed by atoms with Crippen molar-refractivity contribution in [1.29, 1.82) is 0 Å². The van der Waals surface area contributed by atoms with Crippen LogP contribution in [0.1, 0.15) is 37.2 Å². The SMILES string of the molecule is C=C(C)C1CC=C(C)/C(=N/NC(=O)c2ccccn2)C1. The van der Waals surface area contributed by atoms with E-state index in [1.54, 1.807) is 24.4 Å². The van der Waals surface area contributed by atoms with E-state index in [1.165, 1.54) is 0 Å². The third kappa shape index (κ3) is 3.41. The van der Waals surface area contributed by atoms with Gasteiger partial charge in [-0.25, -0.2) is 5.43 Å². The fourth-order valence-corrected chi connectivity index (χ4v) is 2.10. The van der Waals surface area contributed by atoms with Crippen LogP contribution in [0.3, 0.4) is 0 Å². The van der Waals surface area contributed by atoms with Gasteiger partial charge in [-0.3, -0.25) is 9.78 Å². The summed E-state index contributed by atoms with van der Waals surface area (Å²) in [6, 6.07) is 5.21. The molecule has 20 heavy (non-hydrogen) atoms. The first-order valence-electron chi connectivity index (χ1n) is 6.68. The molecule has 1 aromatic rings. The average Bonchev–Trinajstić information content (AvgIpc) is 2.46. The molecule has 0 saturated carbocycles. The second kappa shape index (κ2) is 6.28. The molecule has 1 amide bonds. The van der Waals surface area contributed by atoms with Gasteiger partial charge in [0, 0.05) is 6.20 Å². The van der Waals surface area contributed by atoms with E-state index in [0.717, 1.165) is 29.7 Å². The second-order valence-electron chi connectivity index (χ2n) is 5.08. The Bertz CT molecular complexity index is 573. The fourth-order valence-electron chi connectivity index (χ4n) is 2.10. The number of carbonyl (C=O) groups excluding carboxylic acids is 1. The first-order chi connectivity index (χ1) is 9.58. The predicted molar refractivity (Wildman–Crippen MR) is 80.4 cm³/mol. The molecule has 4 nitrogen and oxygen atoms in total. The summed E-state index contributed by atoms with van der Waals surface area (Å²) in [5, 5.41) is 4.24. The van der Waals surface area contributed by atoms with E-state index in [-0.39, 0.29) is 5.91 Å². The van der Waals surface area contributed by atoms with Gasteiger partial charge in [0.05, 0.1) is 5.71 Å². The molecule has 0 aromatic carbocycles. The summed E-state index contributed by atoms with van der Waals surface area (Å²) in [6.07, 6.45) is 5.55. The number of carbonyl (C=O) groups is 1. The Morgan fingerprint density at radius 3 is 2.95 bits per heavy atom. The first-order valence-corrected chi connectivity index (χ1v) is 6.68. The van der Waals surface area contributed by atoms with Crippen molar-refractivity contribution in [2.75, 3.05) is 0 Å². The van der Waals surface area contributed by atoms with E-state index in [0.29, 0.717) is 11.6 Å². The lowest BCUT2D eigenvalue weighted by atomic mass is 9.85. The number of hydrogen-bond donors (Lipinski definition) is 1. The summed E-state index contributed by atoms with van der Waals surface area (Å²) < 4.78 is 0. The molecule has 1 aliphatic rings. The van der Waals surface area contributed by atoms with E-state index in [1.807, 2.05) is 13.8 Å². The normalized spacial score (nSPS) is 20.4. The molecular weight excluding hydrogens is 250 g/mol. The summed E-state index contributed by atoms with van der Waals surface area (Å²) in [6.45, 7) is 8.04. The van der Waals surface area contributed by atoms with E-state index < -0.39 is 0 Å². The Morgan fingerprint density at radius 1 is 1.50 bits per heavy atom. The van der Waals surface area contributed by atoms with E-state index in [4.69, 9.17) is 0 Å². The summed E-state index contributed by atoms with van der Waals surface area (Å²) in [5.41, 5.74) is 6.12. The summed E-state index contributed by atoms with van der Waals surface area (Å²) in [4.78, 5) is 15.9. The van der Waals surface area contributed by atoms with E-state index in [9.17, 15) is 4.79 Å². The van der Waals surface area contributed by atoms with Crippen LogP contribution in [0.2, 0.25) is 0 Å². The molecule has 2 rings (SSSR count). The summed E-state index contributed by atoms with van der Waals surface area (Å²) >= 11 is 0. The lowest BCUT2D eigenvalue weighted by molar-refractivity contribution is 0.0950. The van der Waals surface area contributed by atoms with Gasteiger partial charge < -0.3 is 0 Å².